The lowest BCUT2D eigenvalue weighted by atomic mass is 9.84. The standard InChI is InChI=1S/C13H17FN2O2/c14-11-3-1-10(2-4-11)13(18)5-7-16(8-6-13)9-12(15)17/h1-4,18H,5-9H2,(H2,15,17). The summed E-state index contributed by atoms with van der Waals surface area (Å²) in [6.45, 7) is 1.44. The van der Waals surface area contributed by atoms with Crippen molar-refractivity contribution < 1.29 is 14.3 Å². The number of halogens is 1. The number of rotatable bonds is 3. The molecule has 1 heterocycles. The number of hydrogen-bond acceptors (Lipinski definition) is 3. The van der Waals surface area contributed by atoms with Crippen molar-refractivity contribution in [3.63, 3.8) is 0 Å². The highest BCUT2D eigenvalue weighted by atomic mass is 19.1. The van der Waals surface area contributed by atoms with Crippen LogP contribution in [0.15, 0.2) is 24.3 Å². The summed E-state index contributed by atoms with van der Waals surface area (Å²) in [6, 6.07) is 5.92. The molecule has 1 aromatic carbocycles. The van der Waals surface area contributed by atoms with Crippen LogP contribution >= 0.6 is 0 Å². The number of likely N-dealkylation sites (tertiary alicyclic amines) is 1. The van der Waals surface area contributed by atoms with Crippen molar-refractivity contribution in [1.29, 1.82) is 0 Å². The highest BCUT2D eigenvalue weighted by Gasteiger charge is 2.34. The van der Waals surface area contributed by atoms with E-state index in [0.29, 0.717) is 25.9 Å². The molecule has 0 atom stereocenters. The maximum absolute atomic E-state index is 12.8. The average molecular weight is 252 g/mol. The van der Waals surface area contributed by atoms with E-state index in [-0.39, 0.29) is 18.3 Å². The molecule has 0 saturated carbocycles. The number of primary amides is 1. The summed E-state index contributed by atoms with van der Waals surface area (Å²) in [5.74, 6) is -0.671. The van der Waals surface area contributed by atoms with Crippen LogP contribution in [-0.2, 0) is 10.4 Å². The number of hydrogen-bond donors (Lipinski definition) is 2. The molecule has 3 N–H and O–H groups in total. The number of carbonyl (C=O) groups excluding carboxylic acids is 1. The molecule has 1 aliphatic heterocycles. The van der Waals surface area contributed by atoms with E-state index in [1.165, 1.54) is 12.1 Å². The van der Waals surface area contributed by atoms with E-state index < -0.39 is 5.60 Å². The van der Waals surface area contributed by atoms with E-state index in [4.69, 9.17) is 5.73 Å². The van der Waals surface area contributed by atoms with Gasteiger partial charge >= 0.3 is 0 Å². The maximum atomic E-state index is 12.8. The van der Waals surface area contributed by atoms with E-state index in [1.807, 2.05) is 4.90 Å². The molecule has 0 aliphatic carbocycles. The number of nitrogens with two attached hydrogens (primary N) is 1. The summed E-state index contributed by atoms with van der Waals surface area (Å²) in [6.07, 6.45) is 1.04. The van der Waals surface area contributed by atoms with Gasteiger partial charge in [0.1, 0.15) is 5.82 Å². The molecular formula is C13H17FN2O2. The maximum Gasteiger partial charge on any atom is 0.231 e. The summed E-state index contributed by atoms with van der Waals surface area (Å²) in [7, 11) is 0. The second kappa shape index (κ2) is 5.04. The van der Waals surface area contributed by atoms with Crippen molar-refractivity contribution >= 4 is 5.91 Å². The average Bonchev–Trinajstić information content (AvgIpc) is 2.32. The Kier molecular flexibility index (Phi) is 3.63. The third kappa shape index (κ3) is 2.86. The predicted octanol–water partition coefficient (Wildman–Crippen LogP) is 0.594. The molecule has 2 rings (SSSR count). The lowest BCUT2D eigenvalue weighted by Crippen LogP contribution is -2.45. The molecule has 0 radical (unpaired) electrons. The van der Waals surface area contributed by atoms with Gasteiger partial charge in [-0.3, -0.25) is 9.69 Å². The summed E-state index contributed by atoms with van der Waals surface area (Å²) < 4.78 is 12.8. The molecule has 1 amide bonds. The van der Waals surface area contributed by atoms with Crippen molar-refractivity contribution in [1.82, 2.24) is 4.90 Å². The van der Waals surface area contributed by atoms with E-state index >= 15 is 0 Å². The molecule has 4 nitrogen and oxygen atoms in total. The Balaban J connectivity index is 2.02. The number of carbonyl (C=O) groups is 1. The number of nitrogens with zero attached hydrogens (tertiary/aromatic N) is 1. The summed E-state index contributed by atoms with van der Waals surface area (Å²) in [5, 5.41) is 10.5. The van der Waals surface area contributed by atoms with E-state index in [2.05, 4.69) is 0 Å². The number of benzene rings is 1. The van der Waals surface area contributed by atoms with Crippen molar-refractivity contribution in [2.24, 2.45) is 5.73 Å². The lowest BCUT2D eigenvalue weighted by molar-refractivity contribution is -0.120. The van der Waals surface area contributed by atoms with Crippen LogP contribution < -0.4 is 5.73 Å². The quantitative estimate of drug-likeness (QED) is 0.827. The van der Waals surface area contributed by atoms with Gasteiger partial charge < -0.3 is 10.8 Å². The zero-order chi connectivity index (χ0) is 13.2. The molecule has 0 spiro atoms. The Labute approximate surface area is 105 Å². The van der Waals surface area contributed by atoms with Crippen LogP contribution in [0.3, 0.4) is 0 Å². The number of amides is 1. The Bertz CT molecular complexity index is 425. The fraction of sp³-hybridized carbons (Fsp3) is 0.462. The van der Waals surface area contributed by atoms with Crippen molar-refractivity contribution in [2.75, 3.05) is 19.6 Å². The third-order valence-corrected chi connectivity index (χ3v) is 3.44. The molecule has 18 heavy (non-hydrogen) atoms. The first-order valence-corrected chi connectivity index (χ1v) is 5.99. The molecule has 0 unspecified atom stereocenters. The van der Waals surface area contributed by atoms with Crippen LogP contribution in [0.5, 0.6) is 0 Å². The van der Waals surface area contributed by atoms with Crippen molar-refractivity contribution in [3.05, 3.63) is 35.6 Å². The minimum atomic E-state index is -0.929. The van der Waals surface area contributed by atoms with E-state index in [9.17, 15) is 14.3 Å². The molecule has 0 aromatic heterocycles. The van der Waals surface area contributed by atoms with Crippen LogP contribution in [-0.4, -0.2) is 35.5 Å². The van der Waals surface area contributed by atoms with Gasteiger partial charge in [-0.15, -0.1) is 0 Å². The van der Waals surface area contributed by atoms with Crippen molar-refractivity contribution in [3.8, 4) is 0 Å². The van der Waals surface area contributed by atoms with Crippen LogP contribution in [0.1, 0.15) is 18.4 Å². The Morgan fingerprint density at radius 3 is 2.39 bits per heavy atom. The Morgan fingerprint density at radius 2 is 1.89 bits per heavy atom. The van der Waals surface area contributed by atoms with Crippen LogP contribution in [0.25, 0.3) is 0 Å². The van der Waals surface area contributed by atoms with Crippen LogP contribution in [0.2, 0.25) is 0 Å². The first-order chi connectivity index (χ1) is 8.49. The molecule has 1 aromatic rings. The minimum Gasteiger partial charge on any atom is -0.385 e. The number of piperidine rings is 1. The zero-order valence-corrected chi connectivity index (χ0v) is 10.1. The van der Waals surface area contributed by atoms with E-state index in [0.717, 1.165) is 5.56 Å². The lowest BCUT2D eigenvalue weighted by Gasteiger charge is -2.38. The monoisotopic (exact) mass is 252 g/mol. The topological polar surface area (TPSA) is 66.6 Å². The molecule has 1 saturated heterocycles. The predicted molar refractivity (Wildman–Crippen MR) is 65.2 cm³/mol. The van der Waals surface area contributed by atoms with Gasteiger partial charge in [0.15, 0.2) is 0 Å². The van der Waals surface area contributed by atoms with Crippen molar-refractivity contribution in [2.45, 2.75) is 18.4 Å². The second-order valence-corrected chi connectivity index (χ2v) is 4.78. The zero-order valence-electron chi connectivity index (χ0n) is 10.1. The first kappa shape index (κ1) is 13.0. The molecule has 1 aliphatic rings. The largest absolute Gasteiger partial charge is 0.385 e. The Morgan fingerprint density at radius 1 is 1.33 bits per heavy atom. The molecule has 1 fully saturated rings. The summed E-state index contributed by atoms with van der Waals surface area (Å²) in [4.78, 5) is 12.7. The Hall–Kier alpha value is -1.46. The van der Waals surface area contributed by atoms with Gasteiger partial charge in [-0.05, 0) is 30.5 Å². The van der Waals surface area contributed by atoms with Gasteiger partial charge in [-0.2, -0.15) is 0 Å². The fourth-order valence-corrected chi connectivity index (χ4v) is 2.35. The molecule has 98 valence electrons. The van der Waals surface area contributed by atoms with Gasteiger partial charge in [0.25, 0.3) is 0 Å². The highest BCUT2D eigenvalue weighted by Crippen LogP contribution is 2.32. The van der Waals surface area contributed by atoms with Gasteiger partial charge in [0.05, 0.1) is 12.1 Å². The van der Waals surface area contributed by atoms with E-state index in [1.54, 1.807) is 12.1 Å². The third-order valence-electron chi connectivity index (χ3n) is 3.44. The molecule has 5 heteroatoms. The number of aliphatic hydroxyl groups is 1. The smallest absolute Gasteiger partial charge is 0.231 e. The van der Waals surface area contributed by atoms with Crippen LogP contribution in [0, 0.1) is 5.82 Å². The molecular weight excluding hydrogens is 235 g/mol. The fourth-order valence-electron chi connectivity index (χ4n) is 2.35. The van der Waals surface area contributed by atoms with Crippen LogP contribution in [0.4, 0.5) is 4.39 Å². The van der Waals surface area contributed by atoms with Gasteiger partial charge in [-0.1, -0.05) is 12.1 Å². The normalized spacial score (nSPS) is 19.7. The SMILES string of the molecule is NC(=O)CN1CCC(O)(c2ccc(F)cc2)CC1. The second-order valence-electron chi connectivity index (χ2n) is 4.78. The summed E-state index contributed by atoms with van der Waals surface area (Å²) >= 11 is 0. The highest BCUT2D eigenvalue weighted by molar-refractivity contribution is 5.75. The first-order valence-electron chi connectivity index (χ1n) is 5.99. The van der Waals surface area contributed by atoms with Gasteiger partial charge in [0.2, 0.25) is 5.91 Å². The minimum absolute atomic E-state index is 0.222. The van der Waals surface area contributed by atoms with Gasteiger partial charge in [-0.25, -0.2) is 4.39 Å². The summed E-state index contributed by atoms with van der Waals surface area (Å²) in [5.41, 5.74) is 4.93. The molecule has 0 bridgehead atoms. The van der Waals surface area contributed by atoms with Gasteiger partial charge in [0, 0.05) is 13.1 Å².